The Hall–Kier alpha value is -1.80. The van der Waals surface area contributed by atoms with Gasteiger partial charge in [-0.1, -0.05) is 13.8 Å². The Balaban J connectivity index is 2.21. The molecule has 2 aliphatic rings. The highest BCUT2D eigenvalue weighted by atomic mass is 19.4. The van der Waals surface area contributed by atoms with Crippen molar-refractivity contribution in [3.8, 4) is 0 Å². The third-order valence-electron chi connectivity index (χ3n) is 4.70. The highest BCUT2D eigenvalue weighted by Gasteiger charge is 2.54. The fourth-order valence-corrected chi connectivity index (χ4v) is 3.49. The first-order valence-corrected chi connectivity index (χ1v) is 7.91. The lowest BCUT2D eigenvalue weighted by Crippen LogP contribution is -2.51. The Labute approximate surface area is 137 Å². The fraction of sp³-hybridized carbons (Fsp3) is 0.800. The van der Waals surface area contributed by atoms with Gasteiger partial charge < -0.3 is 14.9 Å². The first-order valence-electron chi connectivity index (χ1n) is 7.91. The Morgan fingerprint density at radius 3 is 2.25 bits per heavy atom. The number of amides is 2. The molecule has 0 aliphatic carbocycles. The summed E-state index contributed by atoms with van der Waals surface area (Å²) in [6.45, 7) is 2.68. The zero-order chi connectivity index (χ0) is 18.2. The number of aliphatic carboxylic acids is 1. The number of carbonyl (C=O) groups excluding carboxylic acids is 2. The summed E-state index contributed by atoms with van der Waals surface area (Å²) in [6, 6.07) is -0.846. The summed E-state index contributed by atoms with van der Waals surface area (Å²) in [7, 11) is 0. The topological polar surface area (TPSA) is 77.9 Å². The number of hydrogen-bond donors (Lipinski definition) is 1. The van der Waals surface area contributed by atoms with E-state index in [1.54, 1.807) is 13.8 Å². The Bertz CT molecular complexity index is 535. The average molecular weight is 350 g/mol. The van der Waals surface area contributed by atoms with Crippen molar-refractivity contribution >= 4 is 17.8 Å². The molecule has 136 valence electrons. The molecular formula is C15H21F3N2O4. The van der Waals surface area contributed by atoms with Gasteiger partial charge in [0.25, 0.3) is 0 Å². The van der Waals surface area contributed by atoms with Crippen LogP contribution in [0, 0.1) is 17.8 Å². The Morgan fingerprint density at radius 2 is 1.88 bits per heavy atom. The summed E-state index contributed by atoms with van der Waals surface area (Å²) in [4.78, 5) is 38.1. The van der Waals surface area contributed by atoms with Crippen LogP contribution in [0.2, 0.25) is 0 Å². The molecule has 9 heteroatoms. The first-order chi connectivity index (χ1) is 11.0. The number of rotatable bonds is 4. The number of likely N-dealkylation sites (tertiary alicyclic amines) is 2. The van der Waals surface area contributed by atoms with Gasteiger partial charge in [0.2, 0.25) is 11.8 Å². The maximum Gasteiger partial charge on any atom is 0.394 e. The van der Waals surface area contributed by atoms with Crippen LogP contribution in [0.4, 0.5) is 13.2 Å². The summed E-state index contributed by atoms with van der Waals surface area (Å²) < 4.78 is 39.2. The van der Waals surface area contributed by atoms with Crippen molar-refractivity contribution in [1.29, 1.82) is 0 Å². The molecule has 2 saturated heterocycles. The predicted octanol–water partition coefficient (Wildman–Crippen LogP) is 1.35. The summed E-state index contributed by atoms with van der Waals surface area (Å²) in [5.74, 6) is -6.38. The fourth-order valence-electron chi connectivity index (χ4n) is 3.49. The summed E-state index contributed by atoms with van der Waals surface area (Å²) >= 11 is 0. The number of carboxylic acid groups (broad SMARTS) is 1. The van der Waals surface area contributed by atoms with E-state index < -0.39 is 49.0 Å². The van der Waals surface area contributed by atoms with Crippen molar-refractivity contribution in [2.75, 3.05) is 19.6 Å². The van der Waals surface area contributed by atoms with Gasteiger partial charge in [0.15, 0.2) is 0 Å². The van der Waals surface area contributed by atoms with Gasteiger partial charge >= 0.3 is 12.1 Å². The van der Waals surface area contributed by atoms with E-state index in [1.165, 1.54) is 4.90 Å². The van der Waals surface area contributed by atoms with Crippen molar-refractivity contribution in [1.82, 2.24) is 9.80 Å². The molecule has 24 heavy (non-hydrogen) atoms. The second kappa shape index (κ2) is 6.60. The van der Waals surface area contributed by atoms with Gasteiger partial charge in [0, 0.05) is 26.1 Å². The van der Waals surface area contributed by atoms with E-state index >= 15 is 0 Å². The largest absolute Gasteiger partial charge is 0.481 e. The molecule has 0 spiro atoms. The van der Waals surface area contributed by atoms with Crippen molar-refractivity contribution < 1.29 is 32.7 Å². The molecule has 0 aromatic carbocycles. The maximum atomic E-state index is 13.1. The number of carboxylic acids is 1. The third-order valence-corrected chi connectivity index (χ3v) is 4.70. The highest BCUT2D eigenvalue weighted by molar-refractivity contribution is 5.89. The third kappa shape index (κ3) is 3.49. The van der Waals surface area contributed by atoms with Crippen molar-refractivity contribution in [3.63, 3.8) is 0 Å². The second-order valence-corrected chi connectivity index (χ2v) is 6.72. The second-order valence-electron chi connectivity index (χ2n) is 6.72. The molecule has 2 amide bonds. The minimum atomic E-state index is -4.69. The van der Waals surface area contributed by atoms with Gasteiger partial charge in [0.05, 0.1) is 11.8 Å². The molecule has 1 N–H and O–H groups in total. The minimum absolute atomic E-state index is 0.191. The number of carbonyl (C=O) groups is 3. The van der Waals surface area contributed by atoms with E-state index in [1.807, 2.05) is 0 Å². The minimum Gasteiger partial charge on any atom is -0.481 e. The molecule has 2 fully saturated rings. The summed E-state index contributed by atoms with van der Waals surface area (Å²) in [6.07, 6.45) is -3.76. The van der Waals surface area contributed by atoms with E-state index in [2.05, 4.69) is 0 Å². The van der Waals surface area contributed by atoms with E-state index in [9.17, 15) is 27.6 Å². The molecule has 2 rings (SSSR count). The van der Waals surface area contributed by atoms with Crippen molar-refractivity contribution in [2.45, 2.75) is 38.9 Å². The number of alkyl halides is 3. The molecular weight excluding hydrogens is 329 g/mol. The van der Waals surface area contributed by atoms with Gasteiger partial charge in [0.1, 0.15) is 6.04 Å². The maximum absolute atomic E-state index is 13.1. The number of halogens is 3. The highest BCUT2D eigenvalue weighted by Crippen LogP contribution is 2.38. The zero-order valence-corrected chi connectivity index (χ0v) is 13.5. The molecule has 0 aromatic heterocycles. The molecule has 2 heterocycles. The lowest BCUT2D eigenvalue weighted by Gasteiger charge is -2.33. The van der Waals surface area contributed by atoms with Gasteiger partial charge in [-0.15, -0.1) is 0 Å². The SMILES string of the molecule is CC(C)C(C(=O)N1C[C@@H](C(F)(F)F)[C@H](C(=O)O)C1)N1CCCC1=O. The molecule has 6 nitrogen and oxygen atoms in total. The van der Waals surface area contributed by atoms with Crippen LogP contribution in [0.25, 0.3) is 0 Å². The van der Waals surface area contributed by atoms with Gasteiger partial charge in [-0.3, -0.25) is 14.4 Å². The van der Waals surface area contributed by atoms with Crippen molar-refractivity contribution in [3.05, 3.63) is 0 Å². The van der Waals surface area contributed by atoms with E-state index in [0.717, 1.165) is 4.90 Å². The van der Waals surface area contributed by atoms with Gasteiger partial charge in [-0.2, -0.15) is 13.2 Å². The van der Waals surface area contributed by atoms with Crippen LogP contribution in [0.1, 0.15) is 26.7 Å². The van der Waals surface area contributed by atoms with E-state index in [0.29, 0.717) is 19.4 Å². The summed E-state index contributed by atoms with van der Waals surface area (Å²) in [5, 5.41) is 9.05. The predicted molar refractivity (Wildman–Crippen MR) is 76.8 cm³/mol. The molecule has 1 unspecified atom stereocenters. The van der Waals surface area contributed by atoms with Crippen LogP contribution in [-0.4, -0.2) is 64.5 Å². The number of hydrogen-bond acceptors (Lipinski definition) is 3. The van der Waals surface area contributed by atoms with Gasteiger partial charge in [-0.25, -0.2) is 0 Å². The quantitative estimate of drug-likeness (QED) is 0.830. The average Bonchev–Trinajstić information content (AvgIpc) is 3.05. The van der Waals surface area contributed by atoms with Crippen LogP contribution in [0.15, 0.2) is 0 Å². The van der Waals surface area contributed by atoms with Crippen LogP contribution in [0.3, 0.4) is 0 Å². The van der Waals surface area contributed by atoms with Crippen LogP contribution in [0.5, 0.6) is 0 Å². The lowest BCUT2D eigenvalue weighted by molar-refractivity contribution is -0.188. The first kappa shape index (κ1) is 18.5. The molecule has 0 saturated carbocycles. The smallest absolute Gasteiger partial charge is 0.394 e. The lowest BCUT2D eigenvalue weighted by atomic mass is 9.96. The number of nitrogens with zero attached hydrogens (tertiary/aromatic N) is 2. The molecule has 3 atom stereocenters. The summed E-state index contributed by atoms with van der Waals surface area (Å²) in [5.41, 5.74) is 0. The van der Waals surface area contributed by atoms with Crippen LogP contribution >= 0.6 is 0 Å². The van der Waals surface area contributed by atoms with Crippen molar-refractivity contribution in [2.24, 2.45) is 17.8 Å². The molecule has 2 aliphatic heterocycles. The normalized spacial score (nSPS) is 26.3. The molecule has 0 radical (unpaired) electrons. The zero-order valence-electron chi connectivity index (χ0n) is 13.5. The van der Waals surface area contributed by atoms with Crippen LogP contribution < -0.4 is 0 Å². The molecule has 0 bridgehead atoms. The van der Waals surface area contributed by atoms with Crippen LogP contribution in [-0.2, 0) is 14.4 Å². The molecule has 0 aromatic rings. The van der Waals surface area contributed by atoms with E-state index in [-0.39, 0.29) is 11.8 Å². The van der Waals surface area contributed by atoms with E-state index in [4.69, 9.17) is 5.11 Å². The monoisotopic (exact) mass is 350 g/mol. The standard InChI is InChI=1S/C15H21F3N2O4/c1-8(2)12(20-5-3-4-11(20)21)13(22)19-6-9(14(23)24)10(7-19)15(16,17)18/h8-10,12H,3-7H2,1-2H3,(H,23,24)/t9-,10-,12?/m1/s1. The Morgan fingerprint density at radius 1 is 1.25 bits per heavy atom. The van der Waals surface area contributed by atoms with Gasteiger partial charge in [-0.05, 0) is 12.3 Å². The Kier molecular flexibility index (Phi) is 5.10.